The van der Waals surface area contributed by atoms with Crippen LogP contribution in [0.15, 0.2) is 24.3 Å². The van der Waals surface area contributed by atoms with E-state index in [1.165, 1.54) is 0 Å². The highest BCUT2D eigenvalue weighted by Crippen LogP contribution is 2.23. The quantitative estimate of drug-likeness (QED) is 0.844. The summed E-state index contributed by atoms with van der Waals surface area (Å²) in [6, 6.07) is 7.63. The number of anilines is 1. The van der Waals surface area contributed by atoms with Crippen LogP contribution in [0.3, 0.4) is 0 Å². The van der Waals surface area contributed by atoms with Crippen LogP contribution >= 0.6 is 0 Å². The zero-order valence-corrected chi connectivity index (χ0v) is 13.4. The van der Waals surface area contributed by atoms with Crippen molar-refractivity contribution in [3.8, 4) is 5.75 Å². The fourth-order valence-electron chi connectivity index (χ4n) is 3.28. The van der Waals surface area contributed by atoms with Crippen LogP contribution in [0.5, 0.6) is 5.75 Å². The monoisotopic (exact) mass is 319 g/mol. The number of nitrogens with two attached hydrogens (primary N) is 1. The molecule has 2 fully saturated rings. The van der Waals surface area contributed by atoms with Gasteiger partial charge in [-0.05, 0) is 31.4 Å². The van der Waals surface area contributed by atoms with Gasteiger partial charge in [0.25, 0.3) is 0 Å². The molecule has 126 valence electrons. The molecule has 2 aliphatic heterocycles. The molecular formula is C17H25N3O3. The summed E-state index contributed by atoms with van der Waals surface area (Å²) in [4.78, 5) is 16.6. The predicted octanol–water partition coefficient (Wildman–Crippen LogP) is 1.95. The summed E-state index contributed by atoms with van der Waals surface area (Å²) < 4.78 is 10.9. The summed E-state index contributed by atoms with van der Waals surface area (Å²) in [6.45, 7) is 5.22. The lowest BCUT2D eigenvalue weighted by Crippen LogP contribution is -2.48. The Bertz CT molecular complexity index is 522. The molecule has 1 aromatic carbocycles. The lowest BCUT2D eigenvalue weighted by Gasteiger charge is -2.37. The van der Waals surface area contributed by atoms with Gasteiger partial charge in [0, 0.05) is 38.8 Å². The van der Waals surface area contributed by atoms with E-state index in [2.05, 4.69) is 4.90 Å². The Kier molecular flexibility index (Phi) is 5.35. The van der Waals surface area contributed by atoms with Crippen molar-refractivity contribution >= 4 is 11.8 Å². The number of benzene rings is 1. The summed E-state index contributed by atoms with van der Waals surface area (Å²) in [7, 11) is 0. The fraction of sp³-hybridized carbons (Fsp3) is 0.588. The molecule has 23 heavy (non-hydrogen) atoms. The highest BCUT2D eigenvalue weighted by molar-refractivity contribution is 5.73. The van der Waals surface area contributed by atoms with Gasteiger partial charge < -0.3 is 20.1 Å². The van der Waals surface area contributed by atoms with E-state index >= 15 is 0 Å². The van der Waals surface area contributed by atoms with Crippen LogP contribution < -0.4 is 10.5 Å². The molecule has 2 saturated heterocycles. The average molecular weight is 319 g/mol. The maximum atomic E-state index is 12.3. The molecule has 0 aromatic heterocycles. The molecule has 3 rings (SSSR count). The van der Waals surface area contributed by atoms with Gasteiger partial charge in [-0.25, -0.2) is 4.79 Å². The third kappa shape index (κ3) is 4.14. The first-order valence-corrected chi connectivity index (χ1v) is 8.37. The Morgan fingerprint density at radius 2 is 1.91 bits per heavy atom. The van der Waals surface area contributed by atoms with Crippen LogP contribution in [-0.2, 0) is 4.74 Å². The molecule has 6 nitrogen and oxygen atoms in total. The lowest BCUT2D eigenvalue weighted by atomic mass is 10.0. The van der Waals surface area contributed by atoms with Crippen molar-refractivity contribution < 1.29 is 14.3 Å². The van der Waals surface area contributed by atoms with Gasteiger partial charge in [-0.15, -0.1) is 0 Å². The van der Waals surface area contributed by atoms with Gasteiger partial charge >= 0.3 is 6.09 Å². The first-order valence-electron chi connectivity index (χ1n) is 8.37. The number of piperidine rings is 1. The molecule has 0 radical (unpaired) electrons. The Morgan fingerprint density at radius 1 is 1.13 bits per heavy atom. The van der Waals surface area contributed by atoms with Gasteiger partial charge in [0.05, 0.1) is 12.3 Å². The molecular weight excluding hydrogens is 294 g/mol. The van der Waals surface area contributed by atoms with E-state index < -0.39 is 0 Å². The SMILES string of the molecule is Nc1ccccc1OC(=O)N1CCC(N2CCCOCC2)CC1. The number of nitrogen functional groups attached to an aromatic ring is 1. The first-order chi connectivity index (χ1) is 11.2. The zero-order valence-electron chi connectivity index (χ0n) is 13.4. The van der Waals surface area contributed by atoms with Crippen molar-refractivity contribution in [1.29, 1.82) is 0 Å². The van der Waals surface area contributed by atoms with Crippen LogP contribution in [0, 0.1) is 0 Å². The number of rotatable bonds is 2. The third-order valence-corrected chi connectivity index (χ3v) is 4.61. The minimum absolute atomic E-state index is 0.305. The van der Waals surface area contributed by atoms with Gasteiger partial charge in [-0.2, -0.15) is 0 Å². The van der Waals surface area contributed by atoms with E-state index in [-0.39, 0.29) is 6.09 Å². The molecule has 0 spiro atoms. The Labute approximate surface area is 137 Å². The second-order valence-corrected chi connectivity index (χ2v) is 6.13. The van der Waals surface area contributed by atoms with Crippen molar-refractivity contribution in [1.82, 2.24) is 9.80 Å². The Morgan fingerprint density at radius 3 is 2.70 bits per heavy atom. The number of hydrogen-bond donors (Lipinski definition) is 1. The molecule has 2 N–H and O–H groups in total. The summed E-state index contributed by atoms with van der Waals surface area (Å²) in [5, 5.41) is 0. The Hall–Kier alpha value is -1.79. The number of para-hydroxylation sites is 2. The maximum Gasteiger partial charge on any atom is 0.415 e. The fourth-order valence-corrected chi connectivity index (χ4v) is 3.28. The zero-order chi connectivity index (χ0) is 16.1. The first kappa shape index (κ1) is 16.1. The van der Waals surface area contributed by atoms with E-state index in [9.17, 15) is 4.79 Å². The predicted molar refractivity (Wildman–Crippen MR) is 88.5 cm³/mol. The van der Waals surface area contributed by atoms with E-state index in [1.54, 1.807) is 17.0 Å². The molecule has 2 heterocycles. The molecule has 0 atom stereocenters. The summed E-state index contributed by atoms with van der Waals surface area (Å²) in [5.41, 5.74) is 6.30. The third-order valence-electron chi connectivity index (χ3n) is 4.61. The molecule has 2 aliphatic rings. The Balaban J connectivity index is 1.50. The minimum Gasteiger partial charge on any atom is -0.408 e. The lowest BCUT2D eigenvalue weighted by molar-refractivity contribution is 0.0917. The summed E-state index contributed by atoms with van der Waals surface area (Å²) >= 11 is 0. The summed E-state index contributed by atoms with van der Waals surface area (Å²) in [5.74, 6) is 0.435. The number of carbonyl (C=O) groups is 1. The van der Waals surface area contributed by atoms with E-state index in [0.29, 0.717) is 17.5 Å². The molecule has 0 saturated carbocycles. The number of likely N-dealkylation sites (tertiary alicyclic amines) is 1. The van der Waals surface area contributed by atoms with Gasteiger partial charge in [-0.1, -0.05) is 12.1 Å². The van der Waals surface area contributed by atoms with Crippen molar-refractivity contribution in [3.63, 3.8) is 0 Å². The smallest absolute Gasteiger partial charge is 0.408 e. The highest BCUT2D eigenvalue weighted by Gasteiger charge is 2.28. The maximum absolute atomic E-state index is 12.3. The van der Waals surface area contributed by atoms with Crippen molar-refractivity contribution in [2.75, 3.05) is 45.1 Å². The number of ether oxygens (including phenoxy) is 2. The second kappa shape index (κ2) is 7.66. The minimum atomic E-state index is -0.305. The molecule has 1 amide bonds. The van der Waals surface area contributed by atoms with E-state index in [0.717, 1.165) is 58.7 Å². The van der Waals surface area contributed by atoms with Crippen LogP contribution in [0.4, 0.5) is 10.5 Å². The van der Waals surface area contributed by atoms with Gasteiger partial charge in [0.2, 0.25) is 0 Å². The number of hydrogen-bond acceptors (Lipinski definition) is 5. The average Bonchev–Trinajstić information content (AvgIpc) is 2.86. The van der Waals surface area contributed by atoms with Gasteiger partial charge in [0.1, 0.15) is 0 Å². The van der Waals surface area contributed by atoms with Crippen molar-refractivity contribution in [3.05, 3.63) is 24.3 Å². The van der Waals surface area contributed by atoms with Gasteiger partial charge in [0.15, 0.2) is 5.75 Å². The van der Waals surface area contributed by atoms with Crippen LogP contribution in [0.1, 0.15) is 19.3 Å². The molecule has 6 heteroatoms. The summed E-state index contributed by atoms with van der Waals surface area (Å²) in [6.07, 6.45) is 2.76. The standard InChI is InChI=1S/C17H25N3O3/c18-15-4-1-2-5-16(15)23-17(21)20-9-6-14(7-10-20)19-8-3-12-22-13-11-19/h1-2,4-5,14H,3,6-13,18H2. The number of amides is 1. The van der Waals surface area contributed by atoms with Crippen LogP contribution in [-0.4, -0.2) is 61.3 Å². The van der Waals surface area contributed by atoms with Crippen LogP contribution in [0.25, 0.3) is 0 Å². The number of carbonyl (C=O) groups excluding carboxylic acids is 1. The second-order valence-electron chi connectivity index (χ2n) is 6.13. The van der Waals surface area contributed by atoms with E-state index in [4.69, 9.17) is 15.2 Å². The molecule has 0 aliphatic carbocycles. The van der Waals surface area contributed by atoms with Crippen molar-refractivity contribution in [2.24, 2.45) is 0 Å². The molecule has 0 bridgehead atoms. The topological polar surface area (TPSA) is 68.0 Å². The molecule has 1 aromatic rings. The van der Waals surface area contributed by atoms with Crippen LogP contribution in [0.2, 0.25) is 0 Å². The molecule has 0 unspecified atom stereocenters. The highest BCUT2D eigenvalue weighted by atomic mass is 16.6. The van der Waals surface area contributed by atoms with Crippen molar-refractivity contribution in [2.45, 2.75) is 25.3 Å². The largest absolute Gasteiger partial charge is 0.415 e. The number of nitrogens with zero attached hydrogens (tertiary/aromatic N) is 2. The van der Waals surface area contributed by atoms with Gasteiger partial charge in [-0.3, -0.25) is 4.90 Å². The normalized spacial score (nSPS) is 21.0. The van der Waals surface area contributed by atoms with E-state index in [1.807, 2.05) is 12.1 Å².